The average molecular weight is 259 g/mol. The lowest BCUT2D eigenvalue weighted by molar-refractivity contribution is 0.309. The molecule has 102 valence electrons. The van der Waals surface area contributed by atoms with Crippen LogP contribution in [0.4, 0.5) is 0 Å². The van der Waals surface area contributed by atoms with Gasteiger partial charge in [-0.15, -0.1) is 0 Å². The van der Waals surface area contributed by atoms with Crippen LogP contribution < -0.4 is 10.5 Å². The molecule has 2 aromatic rings. The third-order valence-corrected chi connectivity index (χ3v) is 3.09. The number of benzene rings is 1. The molecule has 1 aromatic heterocycles. The summed E-state index contributed by atoms with van der Waals surface area (Å²) in [6, 6.07) is 7.83. The minimum Gasteiger partial charge on any atom is -0.494 e. The number of unbranched alkanes of at least 4 members (excludes halogenated alkanes) is 1. The smallest absolute Gasteiger partial charge is 0.119 e. The highest BCUT2D eigenvalue weighted by Gasteiger charge is 2.10. The minimum absolute atomic E-state index is 0.140. The van der Waals surface area contributed by atoms with Crippen molar-refractivity contribution in [2.24, 2.45) is 12.8 Å². The van der Waals surface area contributed by atoms with E-state index < -0.39 is 0 Å². The lowest BCUT2D eigenvalue weighted by Crippen LogP contribution is -2.11. The number of aryl methyl sites for hydroxylation is 1. The molecule has 0 spiro atoms. The second kappa shape index (κ2) is 6.38. The van der Waals surface area contributed by atoms with Crippen LogP contribution in [0, 0.1) is 0 Å². The number of hydrogen-bond donors (Lipinski definition) is 1. The van der Waals surface area contributed by atoms with E-state index in [0.717, 1.165) is 36.3 Å². The molecule has 1 atom stereocenters. The van der Waals surface area contributed by atoms with Crippen LogP contribution >= 0.6 is 0 Å². The van der Waals surface area contributed by atoms with Gasteiger partial charge in [-0.2, -0.15) is 5.10 Å². The molecule has 1 heterocycles. The standard InChI is InChI=1S/C15H21N3O/c1-3-4-9-19-14-7-5-12(6-8-14)15(16)13-10-17-18(2)11-13/h5-8,10-11,15H,3-4,9,16H2,1-2H3. The molecular weight excluding hydrogens is 238 g/mol. The Bertz CT molecular complexity index is 504. The zero-order chi connectivity index (χ0) is 13.7. The molecule has 0 saturated heterocycles. The molecule has 0 aliphatic rings. The summed E-state index contributed by atoms with van der Waals surface area (Å²) >= 11 is 0. The Morgan fingerprint density at radius 1 is 1.26 bits per heavy atom. The Hall–Kier alpha value is -1.81. The Labute approximate surface area is 114 Å². The number of aromatic nitrogens is 2. The van der Waals surface area contributed by atoms with Crippen molar-refractivity contribution >= 4 is 0 Å². The summed E-state index contributed by atoms with van der Waals surface area (Å²) in [7, 11) is 1.89. The molecule has 2 rings (SSSR count). The lowest BCUT2D eigenvalue weighted by atomic mass is 10.0. The maximum atomic E-state index is 6.21. The first kappa shape index (κ1) is 13.6. The third-order valence-electron chi connectivity index (χ3n) is 3.09. The van der Waals surface area contributed by atoms with Gasteiger partial charge in [0.25, 0.3) is 0 Å². The van der Waals surface area contributed by atoms with Gasteiger partial charge in [0.05, 0.1) is 18.8 Å². The van der Waals surface area contributed by atoms with E-state index in [1.54, 1.807) is 10.9 Å². The first-order valence-corrected chi connectivity index (χ1v) is 6.67. The summed E-state index contributed by atoms with van der Waals surface area (Å²) in [5.41, 5.74) is 8.29. The molecule has 0 bridgehead atoms. The van der Waals surface area contributed by atoms with Gasteiger partial charge in [0.1, 0.15) is 5.75 Å². The maximum Gasteiger partial charge on any atom is 0.119 e. The van der Waals surface area contributed by atoms with Crippen LogP contribution in [-0.4, -0.2) is 16.4 Å². The average Bonchev–Trinajstić information content (AvgIpc) is 2.86. The molecule has 0 saturated carbocycles. The molecule has 0 amide bonds. The Morgan fingerprint density at radius 3 is 2.58 bits per heavy atom. The second-order valence-electron chi connectivity index (χ2n) is 4.70. The number of nitrogens with zero attached hydrogens (tertiary/aromatic N) is 2. The summed E-state index contributed by atoms with van der Waals surface area (Å²) in [4.78, 5) is 0. The highest BCUT2D eigenvalue weighted by Crippen LogP contribution is 2.21. The van der Waals surface area contributed by atoms with Crippen molar-refractivity contribution in [1.29, 1.82) is 0 Å². The van der Waals surface area contributed by atoms with Gasteiger partial charge in [-0.05, 0) is 24.1 Å². The fourth-order valence-electron chi connectivity index (χ4n) is 1.90. The van der Waals surface area contributed by atoms with E-state index in [2.05, 4.69) is 12.0 Å². The molecule has 0 aliphatic heterocycles. The summed E-state index contributed by atoms with van der Waals surface area (Å²) < 4.78 is 7.40. The highest BCUT2D eigenvalue weighted by molar-refractivity contribution is 5.33. The van der Waals surface area contributed by atoms with Crippen LogP contribution in [0.3, 0.4) is 0 Å². The number of ether oxygens (including phenoxy) is 1. The zero-order valence-corrected chi connectivity index (χ0v) is 11.5. The van der Waals surface area contributed by atoms with Crippen molar-refractivity contribution < 1.29 is 4.74 Å². The fourth-order valence-corrected chi connectivity index (χ4v) is 1.90. The predicted octanol–water partition coefficient (Wildman–Crippen LogP) is 2.65. The summed E-state index contributed by atoms with van der Waals surface area (Å²) in [5.74, 6) is 0.899. The van der Waals surface area contributed by atoms with Gasteiger partial charge < -0.3 is 10.5 Å². The SMILES string of the molecule is CCCCOc1ccc(C(N)c2cnn(C)c2)cc1. The molecule has 0 fully saturated rings. The van der Waals surface area contributed by atoms with Crippen molar-refractivity contribution in [3.05, 3.63) is 47.8 Å². The molecule has 1 unspecified atom stereocenters. The van der Waals surface area contributed by atoms with E-state index >= 15 is 0 Å². The Morgan fingerprint density at radius 2 is 2.00 bits per heavy atom. The molecule has 1 aromatic carbocycles. The molecule has 2 N–H and O–H groups in total. The van der Waals surface area contributed by atoms with Crippen LogP contribution in [0.1, 0.15) is 36.9 Å². The number of rotatable bonds is 6. The molecule has 4 nitrogen and oxygen atoms in total. The van der Waals surface area contributed by atoms with Gasteiger partial charge in [0.15, 0.2) is 0 Å². The van der Waals surface area contributed by atoms with Gasteiger partial charge >= 0.3 is 0 Å². The largest absolute Gasteiger partial charge is 0.494 e. The van der Waals surface area contributed by atoms with Gasteiger partial charge in [0.2, 0.25) is 0 Å². The van der Waals surface area contributed by atoms with E-state index in [1.807, 2.05) is 37.5 Å². The Kier molecular flexibility index (Phi) is 4.58. The normalized spacial score (nSPS) is 12.4. The molecule has 0 radical (unpaired) electrons. The van der Waals surface area contributed by atoms with E-state index in [4.69, 9.17) is 10.5 Å². The number of hydrogen-bond acceptors (Lipinski definition) is 3. The van der Waals surface area contributed by atoms with E-state index in [9.17, 15) is 0 Å². The topological polar surface area (TPSA) is 53.1 Å². The van der Waals surface area contributed by atoms with E-state index in [-0.39, 0.29) is 6.04 Å². The van der Waals surface area contributed by atoms with Crippen LogP contribution in [-0.2, 0) is 7.05 Å². The first-order chi connectivity index (χ1) is 9.20. The Balaban J connectivity index is 2.01. The quantitative estimate of drug-likeness (QED) is 0.811. The third kappa shape index (κ3) is 3.58. The van der Waals surface area contributed by atoms with Crippen LogP contribution in [0.2, 0.25) is 0 Å². The van der Waals surface area contributed by atoms with Crippen LogP contribution in [0.5, 0.6) is 5.75 Å². The maximum absolute atomic E-state index is 6.21. The molecule has 19 heavy (non-hydrogen) atoms. The number of nitrogens with two attached hydrogens (primary N) is 1. The van der Waals surface area contributed by atoms with Crippen molar-refractivity contribution in [3.8, 4) is 5.75 Å². The van der Waals surface area contributed by atoms with Crippen LogP contribution in [0.15, 0.2) is 36.7 Å². The summed E-state index contributed by atoms with van der Waals surface area (Å²) in [6.07, 6.45) is 5.97. The molecular formula is C15H21N3O. The van der Waals surface area contributed by atoms with Gasteiger partial charge in [-0.3, -0.25) is 4.68 Å². The van der Waals surface area contributed by atoms with Crippen LogP contribution in [0.25, 0.3) is 0 Å². The van der Waals surface area contributed by atoms with E-state index in [1.165, 1.54) is 0 Å². The fraction of sp³-hybridized carbons (Fsp3) is 0.400. The molecule has 0 aliphatic carbocycles. The highest BCUT2D eigenvalue weighted by atomic mass is 16.5. The minimum atomic E-state index is -0.140. The summed E-state index contributed by atoms with van der Waals surface area (Å²) in [6.45, 7) is 2.92. The zero-order valence-electron chi connectivity index (χ0n) is 11.5. The second-order valence-corrected chi connectivity index (χ2v) is 4.70. The lowest BCUT2D eigenvalue weighted by Gasteiger charge is -2.11. The van der Waals surface area contributed by atoms with Crippen molar-refractivity contribution in [3.63, 3.8) is 0 Å². The van der Waals surface area contributed by atoms with E-state index in [0.29, 0.717) is 0 Å². The predicted molar refractivity (Wildman–Crippen MR) is 76.1 cm³/mol. The monoisotopic (exact) mass is 259 g/mol. The van der Waals surface area contributed by atoms with Crippen molar-refractivity contribution in [2.45, 2.75) is 25.8 Å². The van der Waals surface area contributed by atoms with Crippen molar-refractivity contribution in [1.82, 2.24) is 9.78 Å². The van der Waals surface area contributed by atoms with Gasteiger partial charge in [-0.25, -0.2) is 0 Å². The first-order valence-electron chi connectivity index (χ1n) is 6.67. The van der Waals surface area contributed by atoms with Gasteiger partial charge in [-0.1, -0.05) is 25.5 Å². The van der Waals surface area contributed by atoms with Crippen molar-refractivity contribution in [2.75, 3.05) is 6.61 Å². The summed E-state index contributed by atoms with van der Waals surface area (Å²) in [5, 5.41) is 4.14. The van der Waals surface area contributed by atoms with Gasteiger partial charge in [0, 0.05) is 18.8 Å². The molecule has 4 heteroatoms.